The molecule has 3 aromatic rings. The lowest BCUT2D eigenvalue weighted by Gasteiger charge is -2.32. The van der Waals surface area contributed by atoms with Gasteiger partial charge >= 0.3 is 0 Å². The standard InChI is InChI=1S/C23H20BrN3O4S/c1-16-9-11-19(12-10-16)32(30,31)27(18-6-4-5-17(24)13-18)15-23(29)26-14-22(28)25-20-7-2-3-8-21(20)26/h2-13H,14-15H2,1H3,(H,25,28). The Labute approximate surface area is 194 Å². The molecule has 0 aliphatic carbocycles. The Kier molecular flexibility index (Phi) is 6.03. The lowest BCUT2D eigenvalue weighted by molar-refractivity contribution is -0.121. The highest BCUT2D eigenvalue weighted by molar-refractivity contribution is 9.10. The lowest BCUT2D eigenvalue weighted by atomic mass is 10.2. The molecule has 7 nitrogen and oxygen atoms in total. The molecule has 3 aromatic carbocycles. The summed E-state index contributed by atoms with van der Waals surface area (Å²) in [5, 5.41) is 2.73. The van der Waals surface area contributed by atoms with E-state index in [1.165, 1.54) is 17.0 Å². The zero-order chi connectivity index (χ0) is 22.9. The summed E-state index contributed by atoms with van der Waals surface area (Å²) in [6.45, 7) is 1.21. The zero-order valence-electron chi connectivity index (χ0n) is 17.2. The quantitative estimate of drug-likeness (QED) is 0.559. The van der Waals surface area contributed by atoms with Gasteiger partial charge in [-0.1, -0.05) is 51.8 Å². The molecule has 1 aliphatic heterocycles. The molecule has 0 fully saturated rings. The van der Waals surface area contributed by atoms with E-state index in [-0.39, 0.29) is 17.3 Å². The van der Waals surface area contributed by atoms with E-state index in [1.54, 1.807) is 60.7 Å². The first-order valence-corrected chi connectivity index (χ1v) is 12.0. The van der Waals surface area contributed by atoms with Crippen molar-refractivity contribution in [1.29, 1.82) is 0 Å². The molecule has 0 atom stereocenters. The van der Waals surface area contributed by atoms with Crippen molar-refractivity contribution in [2.45, 2.75) is 11.8 Å². The number of amides is 2. The average molecular weight is 514 g/mol. The molecule has 2 amide bonds. The average Bonchev–Trinajstić information content (AvgIpc) is 2.76. The third kappa shape index (κ3) is 4.39. The summed E-state index contributed by atoms with van der Waals surface area (Å²) in [6.07, 6.45) is 0. The van der Waals surface area contributed by atoms with Crippen molar-refractivity contribution in [3.63, 3.8) is 0 Å². The third-order valence-corrected chi connectivity index (χ3v) is 7.34. The van der Waals surface area contributed by atoms with Crippen LogP contribution in [0.3, 0.4) is 0 Å². The van der Waals surface area contributed by atoms with Gasteiger partial charge in [0.1, 0.15) is 13.1 Å². The Bertz CT molecular complexity index is 1290. The van der Waals surface area contributed by atoms with Gasteiger partial charge in [-0.15, -0.1) is 0 Å². The maximum atomic E-state index is 13.5. The van der Waals surface area contributed by atoms with Crippen LogP contribution in [0.25, 0.3) is 0 Å². The number of benzene rings is 3. The molecule has 0 bridgehead atoms. The number of para-hydroxylation sites is 2. The summed E-state index contributed by atoms with van der Waals surface area (Å²) in [5.74, 6) is -0.851. The van der Waals surface area contributed by atoms with E-state index in [2.05, 4.69) is 21.2 Å². The van der Waals surface area contributed by atoms with Gasteiger partial charge in [0, 0.05) is 4.47 Å². The first-order chi connectivity index (χ1) is 15.3. The van der Waals surface area contributed by atoms with E-state index in [4.69, 9.17) is 0 Å². The molecule has 0 saturated carbocycles. The number of fused-ring (bicyclic) bond motifs is 1. The lowest BCUT2D eigenvalue weighted by Crippen LogP contribution is -2.48. The number of sulfonamides is 1. The Morgan fingerprint density at radius 2 is 1.78 bits per heavy atom. The number of hydrogen-bond donors (Lipinski definition) is 1. The van der Waals surface area contributed by atoms with Crippen LogP contribution in [-0.2, 0) is 19.6 Å². The minimum atomic E-state index is -4.05. The minimum Gasteiger partial charge on any atom is -0.323 e. The van der Waals surface area contributed by atoms with Gasteiger partial charge < -0.3 is 5.32 Å². The Morgan fingerprint density at radius 1 is 1.06 bits per heavy atom. The number of nitrogens with zero attached hydrogens (tertiary/aromatic N) is 2. The van der Waals surface area contributed by atoms with Gasteiger partial charge in [-0.2, -0.15) is 0 Å². The van der Waals surface area contributed by atoms with Crippen LogP contribution < -0.4 is 14.5 Å². The predicted molar refractivity (Wildman–Crippen MR) is 127 cm³/mol. The highest BCUT2D eigenvalue weighted by Crippen LogP contribution is 2.31. The number of nitrogens with one attached hydrogen (secondary N) is 1. The molecule has 0 aromatic heterocycles. The van der Waals surface area contributed by atoms with Gasteiger partial charge in [0.2, 0.25) is 11.8 Å². The summed E-state index contributed by atoms with van der Waals surface area (Å²) >= 11 is 3.37. The summed E-state index contributed by atoms with van der Waals surface area (Å²) in [6, 6.07) is 20.1. The van der Waals surface area contributed by atoms with Crippen LogP contribution in [0, 0.1) is 6.92 Å². The number of anilines is 3. The van der Waals surface area contributed by atoms with E-state index in [9.17, 15) is 18.0 Å². The molecule has 32 heavy (non-hydrogen) atoms. The zero-order valence-corrected chi connectivity index (χ0v) is 19.6. The number of hydrogen-bond acceptors (Lipinski definition) is 4. The monoisotopic (exact) mass is 513 g/mol. The molecule has 1 N–H and O–H groups in total. The smallest absolute Gasteiger partial charge is 0.264 e. The summed E-state index contributed by atoms with van der Waals surface area (Å²) < 4.78 is 28.8. The van der Waals surface area contributed by atoms with Crippen molar-refractivity contribution in [1.82, 2.24) is 0 Å². The molecule has 9 heteroatoms. The van der Waals surface area contributed by atoms with E-state index in [0.29, 0.717) is 21.5 Å². The second kappa shape index (κ2) is 8.76. The minimum absolute atomic E-state index is 0.0765. The van der Waals surface area contributed by atoms with Crippen molar-refractivity contribution in [3.05, 3.63) is 82.8 Å². The number of aryl methyl sites for hydroxylation is 1. The molecule has 0 saturated heterocycles. The van der Waals surface area contributed by atoms with Crippen LogP contribution in [0.2, 0.25) is 0 Å². The normalized spacial score (nSPS) is 13.3. The van der Waals surface area contributed by atoms with Crippen LogP contribution in [0.15, 0.2) is 82.2 Å². The number of carbonyl (C=O) groups is 2. The molecule has 4 rings (SSSR count). The largest absolute Gasteiger partial charge is 0.323 e. The molecular formula is C23H20BrN3O4S. The Morgan fingerprint density at radius 3 is 2.50 bits per heavy atom. The van der Waals surface area contributed by atoms with E-state index >= 15 is 0 Å². The van der Waals surface area contributed by atoms with Gasteiger partial charge in [0.25, 0.3) is 10.0 Å². The van der Waals surface area contributed by atoms with Crippen LogP contribution in [0.5, 0.6) is 0 Å². The molecule has 1 aliphatic rings. The highest BCUT2D eigenvalue weighted by Gasteiger charge is 2.32. The van der Waals surface area contributed by atoms with Crippen LogP contribution in [0.1, 0.15) is 5.56 Å². The fraction of sp³-hybridized carbons (Fsp3) is 0.130. The number of carbonyl (C=O) groups excluding carboxylic acids is 2. The van der Waals surface area contributed by atoms with Gasteiger partial charge in [-0.25, -0.2) is 8.42 Å². The molecule has 1 heterocycles. The Balaban J connectivity index is 1.74. The maximum Gasteiger partial charge on any atom is 0.264 e. The molecule has 0 spiro atoms. The predicted octanol–water partition coefficient (Wildman–Crippen LogP) is 3.94. The molecule has 0 radical (unpaired) electrons. The van der Waals surface area contributed by atoms with Gasteiger partial charge in [0.15, 0.2) is 0 Å². The fourth-order valence-electron chi connectivity index (χ4n) is 3.45. The Hall–Kier alpha value is -3.17. The van der Waals surface area contributed by atoms with Crippen molar-refractivity contribution < 1.29 is 18.0 Å². The number of rotatable bonds is 5. The molecule has 0 unspecified atom stereocenters. The maximum absolute atomic E-state index is 13.5. The van der Waals surface area contributed by atoms with Crippen LogP contribution in [0.4, 0.5) is 17.1 Å². The van der Waals surface area contributed by atoms with Crippen molar-refractivity contribution in [2.75, 3.05) is 27.6 Å². The third-order valence-electron chi connectivity index (χ3n) is 5.06. The van der Waals surface area contributed by atoms with Gasteiger partial charge in [-0.05, 0) is 49.4 Å². The van der Waals surface area contributed by atoms with Crippen LogP contribution in [-0.4, -0.2) is 33.3 Å². The van der Waals surface area contributed by atoms with Gasteiger partial charge in [-0.3, -0.25) is 18.8 Å². The van der Waals surface area contributed by atoms with Crippen molar-refractivity contribution in [3.8, 4) is 0 Å². The van der Waals surface area contributed by atoms with E-state index in [0.717, 1.165) is 9.87 Å². The fourth-order valence-corrected chi connectivity index (χ4v) is 5.24. The van der Waals surface area contributed by atoms with E-state index < -0.39 is 22.5 Å². The molecule has 164 valence electrons. The SMILES string of the molecule is Cc1ccc(S(=O)(=O)N(CC(=O)N2CC(=O)Nc3ccccc32)c2cccc(Br)c2)cc1. The topological polar surface area (TPSA) is 86.8 Å². The second-order valence-corrected chi connectivity index (χ2v) is 10.1. The highest BCUT2D eigenvalue weighted by atomic mass is 79.9. The van der Waals surface area contributed by atoms with Crippen molar-refractivity contribution >= 4 is 54.8 Å². The van der Waals surface area contributed by atoms with E-state index in [1.807, 2.05) is 6.92 Å². The second-order valence-electron chi connectivity index (χ2n) is 7.35. The van der Waals surface area contributed by atoms with Gasteiger partial charge in [0.05, 0.1) is 22.0 Å². The summed E-state index contributed by atoms with van der Waals surface area (Å²) in [4.78, 5) is 26.9. The molecular weight excluding hydrogens is 494 g/mol. The van der Waals surface area contributed by atoms with Crippen LogP contribution >= 0.6 is 15.9 Å². The van der Waals surface area contributed by atoms with Crippen molar-refractivity contribution in [2.24, 2.45) is 0 Å². The first kappa shape index (κ1) is 22.0. The summed E-state index contributed by atoms with van der Waals surface area (Å²) in [7, 11) is -4.05. The first-order valence-electron chi connectivity index (χ1n) is 9.80. The number of halogens is 1. The summed E-state index contributed by atoms with van der Waals surface area (Å²) in [5.41, 5.74) is 2.29.